The molecule has 294 valence electrons. The van der Waals surface area contributed by atoms with Crippen molar-refractivity contribution >= 4 is 34.8 Å². The first-order valence-corrected chi connectivity index (χ1v) is 16.4. The molecule has 11 N–H and O–H groups in total. The van der Waals surface area contributed by atoms with Crippen molar-refractivity contribution < 1.29 is 126 Å². The Morgan fingerprint density at radius 1 is 0.815 bits per heavy atom. The maximum Gasteiger partial charge on any atom is 1.00 e. The van der Waals surface area contributed by atoms with Crippen molar-refractivity contribution in [2.24, 2.45) is 5.73 Å². The van der Waals surface area contributed by atoms with Crippen molar-refractivity contribution in [1.82, 2.24) is 0 Å². The molecule has 0 saturated carbocycles. The van der Waals surface area contributed by atoms with Crippen LogP contribution >= 0.6 is 0 Å². The molecule has 1 amide bonds. The van der Waals surface area contributed by atoms with E-state index < -0.39 is 101 Å². The van der Waals surface area contributed by atoms with E-state index in [-0.39, 0.29) is 55.3 Å². The Morgan fingerprint density at radius 2 is 1.31 bits per heavy atom. The first kappa shape index (κ1) is 48.6. The summed E-state index contributed by atoms with van der Waals surface area (Å²) in [6, 6.07) is 16.8. The van der Waals surface area contributed by atoms with Crippen molar-refractivity contribution in [3.05, 3.63) is 83.3 Å². The van der Waals surface area contributed by atoms with Crippen LogP contribution in [0.4, 0.5) is 0 Å². The van der Waals surface area contributed by atoms with E-state index in [9.17, 15) is 67.9 Å². The minimum Gasteiger partial charge on any atom is -0.726 e. The van der Waals surface area contributed by atoms with Crippen LogP contribution in [0.3, 0.4) is 0 Å². The standard InChI is InChI=1S/C24H30O13S.C7H9NO7.Na/c25-11-17(27)19(28)20(29)21(30)24(37-38(32,33)34)22(31)23(36-14-16-9-5-2-6-10-16)18(12-26)35-13-15-7-3-1-4-8-15;8-6(14)7(2(10)1-9)4(12)3(11)5(13)15-7;/h1-12,17-24,27-31H,13-14H2,(H,32,33,34);2,9-12H,1H2,(H2,8,14);/q;;+1/p-1/t17-,18+,19-,20+,21+,22+,23-,24-;2-,7+;/m10./s1. The molecule has 1 heterocycles. The topological polar surface area (TPSA) is 370 Å². The number of carbonyl (C=O) groups excluding carboxylic acids is 4. The zero-order valence-electron chi connectivity index (χ0n) is 28.2. The van der Waals surface area contributed by atoms with Crippen LogP contribution in [0.1, 0.15) is 11.1 Å². The number of aliphatic hydroxyl groups excluding tert-OH is 9. The maximum absolute atomic E-state index is 12.0. The average molecular weight is 800 g/mol. The van der Waals surface area contributed by atoms with Crippen LogP contribution in [0.5, 0.6) is 0 Å². The SMILES string of the molecule is NC(=O)[C@]1([C@@H](O)CO)OC(=O)C(O)=C1O.O=C[C@@H](O)[C@@H](O)[C@H](O)[C@H](O)[C@@H](OS(=O)(=O)[O-])[C@@H](O)[C@H](OCc1ccccc1)[C@H](C=O)OCc1ccccc1.[Na+]. The summed E-state index contributed by atoms with van der Waals surface area (Å²) in [4.78, 5) is 44.5. The van der Waals surface area contributed by atoms with E-state index in [2.05, 4.69) is 8.92 Å². The molecule has 0 unspecified atom stereocenters. The fraction of sp³-hybridized carbons (Fsp3) is 0.419. The van der Waals surface area contributed by atoms with E-state index in [1.807, 2.05) is 0 Å². The third-order valence-corrected chi connectivity index (χ3v) is 7.95. The molecule has 0 spiro atoms. The molecule has 23 heteroatoms. The Morgan fingerprint density at radius 3 is 1.70 bits per heavy atom. The van der Waals surface area contributed by atoms with Crippen molar-refractivity contribution in [3.8, 4) is 0 Å². The molecular weight excluding hydrogens is 761 g/mol. The zero-order valence-corrected chi connectivity index (χ0v) is 31.1. The van der Waals surface area contributed by atoms with Gasteiger partial charge in [0.15, 0.2) is 18.3 Å². The van der Waals surface area contributed by atoms with E-state index in [0.717, 1.165) is 0 Å². The molecule has 0 fully saturated rings. The zero-order chi connectivity index (χ0) is 40.1. The van der Waals surface area contributed by atoms with Crippen molar-refractivity contribution in [3.63, 3.8) is 0 Å². The van der Waals surface area contributed by atoms with Gasteiger partial charge in [0.25, 0.3) is 11.5 Å². The van der Waals surface area contributed by atoms with Crippen LogP contribution in [-0.2, 0) is 61.2 Å². The molecule has 1 aliphatic heterocycles. The molecule has 10 atom stereocenters. The molecule has 1 aliphatic rings. The van der Waals surface area contributed by atoms with Crippen molar-refractivity contribution in [2.45, 2.75) is 73.8 Å². The molecule has 0 bridgehead atoms. The Hall–Kier alpha value is -3.43. The van der Waals surface area contributed by atoms with Gasteiger partial charge in [-0.1, -0.05) is 60.7 Å². The van der Waals surface area contributed by atoms with Gasteiger partial charge in [0.2, 0.25) is 16.2 Å². The second-order valence-corrected chi connectivity index (χ2v) is 12.1. The maximum atomic E-state index is 12.0. The predicted molar refractivity (Wildman–Crippen MR) is 170 cm³/mol. The Balaban J connectivity index is 0.000000762. The van der Waals surface area contributed by atoms with Crippen LogP contribution < -0.4 is 35.3 Å². The van der Waals surface area contributed by atoms with Gasteiger partial charge in [0.1, 0.15) is 54.9 Å². The summed E-state index contributed by atoms with van der Waals surface area (Å²) >= 11 is 0. The van der Waals surface area contributed by atoms with Gasteiger partial charge in [0, 0.05) is 0 Å². The van der Waals surface area contributed by atoms with E-state index in [4.69, 9.17) is 25.4 Å². The monoisotopic (exact) mass is 799 g/mol. The molecule has 2 aromatic carbocycles. The molecule has 3 rings (SSSR count). The molecule has 21 nitrogen and oxygen atoms in total. The Labute approximate surface area is 329 Å². The van der Waals surface area contributed by atoms with Crippen LogP contribution in [0.25, 0.3) is 0 Å². The van der Waals surface area contributed by atoms with Gasteiger partial charge in [0.05, 0.1) is 19.8 Å². The average Bonchev–Trinajstić information content (AvgIpc) is 3.38. The molecule has 0 aromatic heterocycles. The van der Waals surface area contributed by atoms with Crippen LogP contribution in [0, 0.1) is 0 Å². The number of hydrogen-bond acceptors (Lipinski definition) is 20. The number of benzene rings is 2. The number of amides is 1. The molecule has 0 saturated heterocycles. The number of aldehydes is 2. The number of rotatable bonds is 20. The van der Waals surface area contributed by atoms with Crippen molar-refractivity contribution in [1.29, 1.82) is 0 Å². The normalized spacial score (nSPS) is 20.6. The number of primary amides is 1. The summed E-state index contributed by atoms with van der Waals surface area (Å²) in [5.74, 6) is -5.24. The van der Waals surface area contributed by atoms with Gasteiger partial charge in [-0.25, -0.2) is 13.2 Å². The first-order chi connectivity index (χ1) is 24.9. The second-order valence-electron chi connectivity index (χ2n) is 11.1. The number of nitrogens with two attached hydrogens (primary N) is 1. The Bertz CT molecular complexity index is 1650. The Kier molecular flexibility index (Phi) is 20.0. The summed E-state index contributed by atoms with van der Waals surface area (Å²) in [6.45, 7) is -1.42. The quantitative estimate of drug-likeness (QED) is 0.0195. The smallest absolute Gasteiger partial charge is 0.726 e. The first-order valence-electron chi connectivity index (χ1n) is 15.1. The number of ether oxygens (including phenoxy) is 3. The van der Waals surface area contributed by atoms with E-state index in [0.29, 0.717) is 11.1 Å². The molecule has 0 aliphatic carbocycles. The third-order valence-electron chi connectivity index (χ3n) is 7.49. The van der Waals surface area contributed by atoms with Crippen LogP contribution in [-0.4, -0.2) is 151 Å². The summed E-state index contributed by atoms with van der Waals surface area (Å²) in [7, 11) is -5.67. The fourth-order valence-corrected chi connectivity index (χ4v) is 5.15. The van der Waals surface area contributed by atoms with E-state index in [1.165, 1.54) is 0 Å². The summed E-state index contributed by atoms with van der Waals surface area (Å²) in [5.41, 5.74) is 3.39. The van der Waals surface area contributed by atoms with Gasteiger partial charge in [-0.3, -0.25) is 8.98 Å². The summed E-state index contributed by atoms with van der Waals surface area (Å²) in [5, 5.41) is 87.2. The number of cyclic esters (lactones) is 1. The largest absolute Gasteiger partial charge is 1.00 e. The van der Waals surface area contributed by atoms with Crippen molar-refractivity contribution in [2.75, 3.05) is 6.61 Å². The van der Waals surface area contributed by atoms with Gasteiger partial charge in [-0.05, 0) is 11.1 Å². The summed E-state index contributed by atoms with van der Waals surface area (Å²) in [6.07, 6.45) is -19.9. The van der Waals surface area contributed by atoms with Gasteiger partial charge >= 0.3 is 35.5 Å². The number of esters is 1. The van der Waals surface area contributed by atoms with Gasteiger partial charge in [-0.2, -0.15) is 0 Å². The van der Waals surface area contributed by atoms with E-state index >= 15 is 0 Å². The van der Waals surface area contributed by atoms with Gasteiger partial charge in [-0.15, -0.1) is 0 Å². The second kappa shape index (κ2) is 22.2. The van der Waals surface area contributed by atoms with E-state index in [1.54, 1.807) is 60.7 Å². The number of hydrogen-bond donors (Lipinski definition) is 10. The molecule has 2 aromatic rings. The minimum absolute atomic E-state index is 0. The summed E-state index contributed by atoms with van der Waals surface area (Å²) < 4.78 is 53.9. The fourth-order valence-electron chi connectivity index (χ4n) is 4.65. The molecule has 54 heavy (non-hydrogen) atoms. The minimum atomic E-state index is -5.67. The molecule has 0 radical (unpaired) electrons. The number of aliphatic hydroxyl groups is 9. The number of carbonyl (C=O) groups is 4. The van der Waals surface area contributed by atoms with Crippen LogP contribution in [0.15, 0.2) is 72.2 Å². The predicted octanol–water partition coefficient (Wildman–Crippen LogP) is -7.34. The van der Waals surface area contributed by atoms with Crippen LogP contribution in [0.2, 0.25) is 0 Å². The molecular formula is C31H38NNaO20S. The van der Waals surface area contributed by atoms with Gasteiger partial charge < -0.3 is 80.0 Å². The third kappa shape index (κ3) is 12.8.